The second-order valence-corrected chi connectivity index (χ2v) is 17.0. The van der Waals surface area contributed by atoms with Crippen LogP contribution in [0.25, 0.3) is 0 Å². The van der Waals surface area contributed by atoms with Crippen LogP contribution in [-0.4, -0.2) is 37.2 Å². The van der Waals surface area contributed by atoms with Gasteiger partial charge in [-0.25, -0.2) is 0 Å². The van der Waals surface area contributed by atoms with Crippen LogP contribution in [0.1, 0.15) is 252 Å². The van der Waals surface area contributed by atoms with Gasteiger partial charge in [0.05, 0.1) is 0 Å². The summed E-state index contributed by atoms with van der Waals surface area (Å²) in [6.07, 6.45) is 60.7. The molecule has 0 spiro atoms. The van der Waals surface area contributed by atoms with Crippen molar-refractivity contribution in [3.8, 4) is 0 Å². The van der Waals surface area contributed by atoms with E-state index >= 15 is 0 Å². The Morgan fingerprint density at radius 1 is 0.344 bits per heavy atom. The highest BCUT2D eigenvalue weighted by Crippen LogP contribution is 2.14. The van der Waals surface area contributed by atoms with Crippen molar-refractivity contribution in [2.45, 2.75) is 258 Å². The minimum atomic E-state index is -0.787. The van der Waals surface area contributed by atoms with Crippen molar-refractivity contribution >= 4 is 17.9 Å². The predicted molar refractivity (Wildman–Crippen MR) is 261 cm³/mol. The Kier molecular flexibility index (Phi) is 47.4. The molecular weight excluding hydrogens is 757 g/mol. The molecule has 0 aliphatic heterocycles. The Morgan fingerprint density at radius 3 is 1.08 bits per heavy atom. The maximum Gasteiger partial charge on any atom is 0.306 e. The fraction of sp³-hybridized carbons (Fsp3) is 0.764. The van der Waals surface area contributed by atoms with Crippen LogP contribution in [0.5, 0.6) is 0 Å². The van der Waals surface area contributed by atoms with Gasteiger partial charge in [0, 0.05) is 19.3 Å². The number of carbonyl (C=O) groups excluding carboxylic acids is 3. The molecule has 0 radical (unpaired) electrons. The zero-order valence-corrected chi connectivity index (χ0v) is 40.2. The van der Waals surface area contributed by atoms with Crippen molar-refractivity contribution < 1.29 is 28.6 Å². The maximum absolute atomic E-state index is 12.8. The van der Waals surface area contributed by atoms with Gasteiger partial charge in [-0.05, 0) is 96.3 Å². The molecule has 0 heterocycles. The first-order valence-corrected chi connectivity index (χ1v) is 25.8. The monoisotopic (exact) mass is 853 g/mol. The molecule has 0 aromatic heterocycles. The van der Waals surface area contributed by atoms with Crippen LogP contribution in [0.15, 0.2) is 60.8 Å². The lowest BCUT2D eigenvalue weighted by Gasteiger charge is -2.18. The normalized spacial score (nSPS) is 12.5. The average molecular weight is 853 g/mol. The van der Waals surface area contributed by atoms with Gasteiger partial charge in [0.1, 0.15) is 13.2 Å². The summed E-state index contributed by atoms with van der Waals surface area (Å²) in [6.45, 7) is 6.45. The first-order chi connectivity index (χ1) is 30.0. The third-order valence-corrected chi connectivity index (χ3v) is 11.0. The van der Waals surface area contributed by atoms with E-state index in [1.807, 2.05) is 0 Å². The second-order valence-electron chi connectivity index (χ2n) is 17.0. The number of rotatable bonds is 46. The van der Waals surface area contributed by atoms with Gasteiger partial charge < -0.3 is 14.2 Å². The van der Waals surface area contributed by atoms with Crippen LogP contribution < -0.4 is 0 Å². The number of allylic oxidation sites excluding steroid dienone is 10. The highest BCUT2D eigenvalue weighted by molar-refractivity contribution is 5.71. The largest absolute Gasteiger partial charge is 0.462 e. The Balaban J connectivity index is 4.32. The molecular formula is C55H96O6. The number of hydrogen-bond acceptors (Lipinski definition) is 6. The molecule has 0 bridgehead atoms. The minimum Gasteiger partial charge on any atom is -0.462 e. The lowest BCUT2D eigenvalue weighted by molar-refractivity contribution is -0.167. The fourth-order valence-corrected chi connectivity index (χ4v) is 7.10. The van der Waals surface area contributed by atoms with Gasteiger partial charge in [-0.15, -0.1) is 0 Å². The molecule has 61 heavy (non-hydrogen) atoms. The highest BCUT2D eigenvalue weighted by atomic mass is 16.6. The topological polar surface area (TPSA) is 78.9 Å². The summed E-state index contributed by atoms with van der Waals surface area (Å²) in [4.78, 5) is 37.9. The highest BCUT2D eigenvalue weighted by Gasteiger charge is 2.19. The lowest BCUT2D eigenvalue weighted by atomic mass is 10.1. The molecule has 0 aliphatic rings. The van der Waals surface area contributed by atoms with Crippen molar-refractivity contribution in [1.29, 1.82) is 0 Å². The van der Waals surface area contributed by atoms with E-state index < -0.39 is 6.10 Å². The number of ether oxygens (including phenoxy) is 3. The van der Waals surface area contributed by atoms with Crippen LogP contribution in [0, 0.1) is 0 Å². The lowest BCUT2D eigenvalue weighted by Crippen LogP contribution is -2.30. The van der Waals surface area contributed by atoms with Crippen molar-refractivity contribution in [2.75, 3.05) is 13.2 Å². The van der Waals surface area contributed by atoms with Gasteiger partial charge in [0.25, 0.3) is 0 Å². The van der Waals surface area contributed by atoms with E-state index in [0.29, 0.717) is 25.7 Å². The Bertz CT molecular complexity index is 1120. The predicted octanol–water partition coefficient (Wildman–Crippen LogP) is 16.9. The zero-order chi connectivity index (χ0) is 44.4. The summed E-state index contributed by atoms with van der Waals surface area (Å²) in [6, 6.07) is 0. The molecule has 0 aromatic carbocycles. The molecule has 1 atom stereocenters. The van der Waals surface area contributed by atoms with E-state index in [4.69, 9.17) is 14.2 Å². The third kappa shape index (κ3) is 48.0. The van der Waals surface area contributed by atoms with E-state index in [1.165, 1.54) is 135 Å². The van der Waals surface area contributed by atoms with Crippen LogP contribution in [0.3, 0.4) is 0 Å². The second kappa shape index (κ2) is 49.8. The van der Waals surface area contributed by atoms with E-state index in [0.717, 1.165) is 70.6 Å². The number of esters is 3. The maximum atomic E-state index is 12.8. The minimum absolute atomic E-state index is 0.0869. The van der Waals surface area contributed by atoms with Crippen LogP contribution in [-0.2, 0) is 28.6 Å². The summed E-state index contributed by atoms with van der Waals surface area (Å²) < 4.78 is 16.7. The van der Waals surface area contributed by atoms with E-state index in [-0.39, 0.29) is 31.1 Å². The molecule has 0 saturated carbocycles. The molecule has 0 N–H and O–H groups in total. The Labute approximate surface area is 377 Å². The molecule has 1 unspecified atom stereocenters. The molecule has 6 nitrogen and oxygen atoms in total. The van der Waals surface area contributed by atoms with Crippen molar-refractivity contribution in [3.05, 3.63) is 60.8 Å². The fourth-order valence-electron chi connectivity index (χ4n) is 7.10. The molecule has 0 fully saturated rings. The summed E-state index contributed by atoms with van der Waals surface area (Å²) >= 11 is 0. The number of unbranched alkanes of at least 4 members (excludes halogenated alkanes) is 25. The van der Waals surface area contributed by atoms with Crippen LogP contribution in [0.4, 0.5) is 0 Å². The van der Waals surface area contributed by atoms with Crippen molar-refractivity contribution in [2.24, 2.45) is 0 Å². The smallest absolute Gasteiger partial charge is 0.306 e. The quantitative estimate of drug-likeness (QED) is 0.0263. The van der Waals surface area contributed by atoms with Crippen LogP contribution >= 0.6 is 0 Å². The zero-order valence-electron chi connectivity index (χ0n) is 40.2. The van der Waals surface area contributed by atoms with Gasteiger partial charge in [0.2, 0.25) is 0 Å². The molecule has 6 heteroatoms. The summed E-state index contributed by atoms with van der Waals surface area (Å²) in [5, 5.41) is 0. The van der Waals surface area contributed by atoms with Gasteiger partial charge in [-0.1, -0.05) is 197 Å². The first-order valence-electron chi connectivity index (χ1n) is 25.8. The Morgan fingerprint density at radius 2 is 0.656 bits per heavy atom. The number of carbonyl (C=O) groups is 3. The molecule has 0 amide bonds. The molecule has 352 valence electrons. The Hall–Kier alpha value is -2.89. The van der Waals surface area contributed by atoms with Gasteiger partial charge in [0.15, 0.2) is 6.10 Å². The summed E-state index contributed by atoms with van der Waals surface area (Å²) in [5.41, 5.74) is 0. The number of hydrogen-bond donors (Lipinski definition) is 0. The van der Waals surface area contributed by atoms with Crippen molar-refractivity contribution in [1.82, 2.24) is 0 Å². The molecule has 0 rings (SSSR count). The average Bonchev–Trinajstić information content (AvgIpc) is 3.26. The summed E-state index contributed by atoms with van der Waals surface area (Å²) in [5.74, 6) is -0.930. The standard InChI is InChI=1S/C55H96O6/c1-4-7-10-13-16-19-21-23-25-26-27-28-30-31-33-36-39-42-45-48-54(57)60-51-52(50-59-53(56)47-44-41-38-35-18-15-12-9-6-3)61-55(58)49-46-43-40-37-34-32-29-24-22-20-17-14-11-8-5-2/h7,10,16,19-20,22-23,25,35,38,52H,4-6,8-9,11-15,17-18,21,24,26-34,36-37,39-51H2,1-3H3/b10-7-,19-16-,22-20-,25-23-,38-35-. The van der Waals surface area contributed by atoms with E-state index in [2.05, 4.69) is 81.5 Å². The first kappa shape index (κ1) is 58.1. The SMILES string of the molecule is CC/C=C\C/C=C\C/C=C\CCCCCCCCCCCC(=O)OCC(COC(=O)CCC/C=C\CCCCCC)OC(=O)CCCCCCCCC/C=C\CCCCCC. The summed E-state index contributed by atoms with van der Waals surface area (Å²) in [7, 11) is 0. The van der Waals surface area contributed by atoms with Crippen molar-refractivity contribution in [3.63, 3.8) is 0 Å². The van der Waals surface area contributed by atoms with Gasteiger partial charge >= 0.3 is 17.9 Å². The molecule has 0 aliphatic carbocycles. The molecule has 0 saturated heterocycles. The van der Waals surface area contributed by atoms with Crippen LogP contribution in [0.2, 0.25) is 0 Å². The van der Waals surface area contributed by atoms with E-state index in [1.54, 1.807) is 0 Å². The van der Waals surface area contributed by atoms with Gasteiger partial charge in [-0.2, -0.15) is 0 Å². The molecule has 0 aromatic rings. The third-order valence-electron chi connectivity index (χ3n) is 11.0. The van der Waals surface area contributed by atoms with E-state index in [9.17, 15) is 14.4 Å². The van der Waals surface area contributed by atoms with Gasteiger partial charge in [-0.3, -0.25) is 14.4 Å².